The van der Waals surface area contributed by atoms with Gasteiger partial charge in [0.05, 0.1) is 34.0 Å². The number of amides is 2. The van der Waals surface area contributed by atoms with E-state index in [2.05, 4.69) is 83.4 Å². The zero-order valence-electron chi connectivity index (χ0n) is 72.2. The van der Waals surface area contributed by atoms with Crippen LogP contribution in [0.5, 0.6) is 23.0 Å². The Bertz CT molecular complexity index is 4110. The van der Waals surface area contributed by atoms with E-state index in [1.54, 1.807) is 143 Å². The van der Waals surface area contributed by atoms with Gasteiger partial charge in [-0.15, -0.1) is 0 Å². The Morgan fingerprint density at radius 2 is 0.738 bits per heavy atom. The van der Waals surface area contributed by atoms with Crippen molar-refractivity contribution in [3.05, 3.63) is 288 Å². The fourth-order valence-electron chi connectivity index (χ4n) is 9.51. The number of phenols is 1. The number of nitrogens with zero attached hydrogens (tertiary/aromatic N) is 3. The van der Waals surface area contributed by atoms with Gasteiger partial charge < -0.3 is 74.3 Å². The maximum absolute atomic E-state index is 12.5. The molecule has 0 unspecified atom stereocenters. The van der Waals surface area contributed by atoms with Crippen molar-refractivity contribution in [3.63, 3.8) is 0 Å². The Morgan fingerprint density at radius 3 is 0.992 bits per heavy atom. The number of ether oxygens (including phenoxy) is 6. The second kappa shape index (κ2) is 78.3. The van der Waals surface area contributed by atoms with Crippen LogP contribution in [0.2, 0.25) is 0 Å². The Morgan fingerprint density at radius 1 is 0.434 bits per heavy atom. The number of carbonyl (C=O) groups excluding carboxylic acids is 10. The SMILES string of the molecule is C=CC(=O)Cl.C=CC(=O)OCCN(CCCC)C(=O)COc1ccc(C(=O)c2ccccc2)cc1.CCCCN(CCO)C(=O)COc1ccc(C(=O)c2ccccc2)cc1.CCCCNCCO.CCN(CC)CC.COC(=O)CBr.COC(=O)COc1ccc(C(=O)c2ccccc2)cc1.C[O-].O=C(c1ccccc1)c1ccc(O)cc1.[K+].[Na+].[OH-]. The van der Waals surface area contributed by atoms with Crippen LogP contribution in [-0.4, -0.2) is 219 Å². The molecule has 0 saturated carbocycles. The molecule has 2 amide bonds. The number of phenolic OH excluding ortho intramolecular Hbond substituents is 1. The van der Waals surface area contributed by atoms with Gasteiger partial charge in [-0.05, 0) is 160 Å². The average molecular weight is 1810 g/mol. The summed E-state index contributed by atoms with van der Waals surface area (Å²) in [5.41, 5.74) is 4.81. The number of esters is 3. The van der Waals surface area contributed by atoms with Crippen LogP contribution in [0, 0.1) is 0 Å². The Kier molecular flexibility index (Phi) is 76.8. The Hall–Kier alpha value is -8.69. The van der Waals surface area contributed by atoms with E-state index in [-0.39, 0.29) is 178 Å². The summed E-state index contributed by atoms with van der Waals surface area (Å²) in [5.74, 6) is -0.0487. The van der Waals surface area contributed by atoms with Gasteiger partial charge >= 0.3 is 98.8 Å². The minimum absolute atomic E-state index is 0. The summed E-state index contributed by atoms with van der Waals surface area (Å²) >= 11 is 7.61. The van der Waals surface area contributed by atoms with Crippen molar-refractivity contribution in [1.29, 1.82) is 0 Å². The second-order valence-corrected chi connectivity index (χ2v) is 25.5. The summed E-state index contributed by atoms with van der Waals surface area (Å²) in [7, 11) is 3.40. The van der Waals surface area contributed by atoms with Crippen molar-refractivity contribution in [2.24, 2.45) is 0 Å². The monoisotopic (exact) mass is 1800 g/mol. The second-order valence-electron chi connectivity index (χ2n) is 24.6. The molecular weight excluding hydrogens is 1690 g/mol. The summed E-state index contributed by atoms with van der Waals surface area (Å²) in [6.07, 6.45) is 8.22. The first-order valence-corrected chi connectivity index (χ1v) is 40.3. The van der Waals surface area contributed by atoms with Crippen molar-refractivity contribution in [2.75, 3.05) is 125 Å². The normalized spacial score (nSPS) is 9.47. The molecule has 8 aromatic carbocycles. The first kappa shape index (κ1) is 120. The molecule has 8 aromatic rings. The first-order chi connectivity index (χ1) is 57.5. The van der Waals surface area contributed by atoms with E-state index in [0.717, 1.165) is 58.0 Å². The van der Waals surface area contributed by atoms with Gasteiger partial charge in [-0.2, -0.15) is 7.11 Å². The molecule has 0 aromatic heterocycles. The number of aliphatic hydroxyl groups is 2. The number of hydrogen-bond acceptors (Lipinski definition) is 23. The van der Waals surface area contributed by atoms with E-state index >= 15 is 0 Å². The van der Waals surface area contributed by atoms with Gasteiger partial charge in [0.2, 0.25) is 5.24 Å². The van der Waals surface area contributed by atoms with Crippen LogP contribution in [0.25, 0.3) is 0 Å². The van der Waals surface area contributed by atoms with E-state index < -0.39 is 17.2 Å². The molecule has 29 heteroatoms. The van der Waals surface area contributed by atoms with Gasteiger partial charge in [0.15, 0.2) is 43.0 Å². The molecule has 5 N–H and O–H groups in total. The number of ketones is 4. The number of allylic oxidation sites excluding steroid dienone is 1. The molecule has 0 aliphatic rings. The van der Waals surface area contributed by atoms with Gasteiger partial charge in [0.1, 0.15) is 34.9 Å². The number of aliphatic hydroxyl groups excluding tert-OH is 2. The number of aromatic hydroxyl groups is 1. The quantitative estimate of drug-likeness (QED) is 0.00419. The molecule has 25 nitrogen and oxygen atoms in total. The van der Waals surface area contributed by atoms with Crippen LogP contribution in [0.4, 0.5) is 0 Å². The molecule has 652 valence electrons. The molecule has 8 rings (SSSR count). The van der Waals surface area contributed by atoms with E-state index in [0.29, 0.717) is 87.9 Å². The number of nitrogens with one attached hydrogen (secondary N) is 1. The van der Waals surface area contributed by atoms with Crippen molar-refractivity contribution in [3.8, 4) is 23.0 Å². The number of unbranched alkanes of at least 4 members (excludes halogenated alkanes) is 3. The Labute approximate surface area is 797 Å². The zero-order chi connectivity index (χ0) is 88.8. The van der Waals surface area contributed by atoms with Crippen LogP contribution in [0.3, 0.4) is 0 Å². The standard InChI is InChI=1S/C24H27NO5.C21H25NO4.C16H14O4.C13H10O2.C6H15NO.C6H15N.C3H5BrO2.C3H3ClO.CH3O.K.Na.H2O/c1-3-5-15-25(16-17-29-23(27)4-2)22(26)18-30-21-13-11-20(12-14-21)24(28)19-9-7-6-8-10-19;1-2-3-13-22(14-15-23)20(24)16-26-19-11-9-18(10-12-19)21(25)17-7-5-4-6-8-17;1-19-15(17)11-20-14-9-7-13(8-10-14)16(18)12-5-3-2-4-6-12;14-12-8-6-11(7-9-12)13(15)10-4-2-1-3-5-10;1-2-3-4-7-5-6-8;1-4-7(5-2)6-3;1-6-3(5)2-4;1-2-3(4)5;1-2;;;/h4,6-14H,2-3,5,15-18H2,1H3;4-12,23H,2-3,13-16H2,1H3;2-10H,11H2,1H3;1-9,14H;7-8H,2-6H2,1H3;4-6H2,1-3H3;2H2,1H3;2H,1H2;1H3;;;1H2/q;;;;;;;;-1;2*+1;/p-1. The van der Waals surface area contributed by atoms with Crippen molar-refractivity contribution >= 4 is 85.6 Å². The van der Waals surface area contributed by atoms with Gasteiger partial charge in [-0.1, -0.05) is 211 Å². The minimum Gasteiger partial charge on any atom is -0.870 e. The van der Waals surface area contributed by atoms with Crippen LogP contribution < -0.4 is 106 Å². The predicted molar refractivity (Wildman–Crippen MR) is 470 cm³/mol. The predicted octanol–water partition coefficient (Wildman–Crippen LogP) is 7.68. The zero-order valence-corrected chi connectivity index (χ0v) is 79.7. The minimum atomic E-state index is -0.515. The van der Waals surface area contributed by atoms with Gasteiger partial charge in [-0.3, -0.25) is 38.4 Å². The van der Waals surface area contributed by atoms with E-state index in [9.17, 15) is 47.9 Å². The summed E-state index contributed by atoms with van der Waals surface area (Å²) < 4.78 is 30.0. The number of hydrogen-bond donors (Lipinski definition) is 4. The van der Waals surface area contributed by atoms with Crippen LogP contribution in [0.1, 0.15) is 144 Å². The third-order valence-corrected chi connectivity index (χ3v) is 16.8. The number of rotatable bonds is 39. The molecule has 0 heterocycles. The fraction of sp³-hybridized carbons (Fsp3) is 0.333. The van der Waals surface area contributed by atoms with Crippen molar-refractivity contribution in [2.45, 2.75) is 80.1 Å². The first-order valence-electron chi connectivity index (χ1n) is 38.8. The third-order valence-electron chi connectivity index (χ3n) is 16.2. The molecule has 0 saturated heterocycles. The molecule has 0 aliphatic heterocycles. The maximum atomic E-state index is 12.5. The van der Waals surface area contributed by atoms with Crippen LogP contribution in [-0.2, 0) is 43.0 Å². The third kappa shape index (κ3) is 55.4. The number of methoxy groups -OCH3 is 2. The molecule has 0 atom stereocenters. The Balaban J connectivity index is -0.000000692. The fourth-order valence-corrected chi connectivity index (χ4v) is 9.74. The average Bonchev–Trinajstić information content (AvgIpc) is 0.869. The van der Waals surface area contributed by atoms with Gasteiger partial charge in [-0.25, -0.2) is 9.59 Å². The smallest absolute Gasteiger partial charge is 0.870 e. The van der Waals surface area contributed by atoms with E-state index in [1.807, 2.05) is 79.7 Å². The summed E-state index contributed by atoms with van der Waals surface area (Å²) in [4.78, 5) is 121. The van der Waals surface area contributed by atoms with Crippen molar-refractivity contribution in [1.82, 2.24) is 20.0 Å². The van der Waals surface area contributed by atoms with Gasteiger partial charge in [0.25, 0.3) is 11.8 Å². The molecular formula is C93H118BrClKN4NaO21. The van der Waals surface area contributed by atoms with Crippen molar-refractivity contribution < 1.29 is 183 Å². The molecule has 0 radical (unpaired) electrons. The number of halogens is 2. The number of alkyl halides is 1. The molecule has 0 fully saturated rings. The summed E-state index contributed by atoms with van der Waals surface area (Å²) in [5, 5.41) is 37.6. The summed E-state index contributed by atoms with van der Waals surface area (Å²) in [6, 6.07) is 62.6. The summed E-state index contributed by atoms with van der Waals surface area (Å²) in [6.45, 7) is 26.3. The molecule has 0 spiro atoms. The largest absolute Gasteiger partial charge is 1.00 e. The maximum Gasteiger partial charge on any atom is 1.00 e. The van der Waals surface area contributed by atoms with Crippen LogP contribution >= 0.6 is 27.5 Å². The molecule has 0 bridgehead atoms. The van der Waals surface area contributed by atoms with Gasteiger partial charge in [0, 0.05) is 76.8 Å². The molecule has 122 heavy (non-hydrogen) atoms. The van der Waals surface area contributed by atoms with E-state index in [4.69, 9.17) is 51.0 Å². The molecule has 0 aliphatic carbocycles. The number of carbonyl (C=O) groups is 10. The topological polar surface area (TPSA) is 362 Å². The van der Waals surface area contributed by atoms with E-state index in [1.165, 1.54) is 58.8 Å². The number of benzene rings is 8. The van der Waals surface area contributed by atoms with Crippen LogP contribution in [0.15, 0.2) is 244 Å².